The molecule has 0 N–H and O–H groups in total. The molecule has 18 heavy (non-hydrogen) atoms. The van der Waals surface area contributed by atoms with Gasteiger partial charge in [0, 0.05) is 33.2 Å². The Balaban J connectivity index is 2.54. The molecule has 0 atom stereocenters. The number of hydrogen-bond acceptors (Lipinski definition) is 3. The zero-order valence-electron chi connectivity index (χ0n) is 12.2. The maximum atomic E-state index is 12.0. The van der Waals surface area contributed by atoms with Crippen molar-refractivity contribution in [2.45, 2.75) is 39.7 Å². The monoisotopic (exact) mass is 255 g/mol. The first-order valence-corrected chi connectivity index (χ1v) is 6.50. The van der Waals surface area contributed by atoms with E-state index in [0.717, 1.165) is 31.9 Å². The molecule has 0 aromatic rings. The number of amidine groups is 1. The highest BCUT2D eigenvalue weighted by molar-refractivity contribution is 5.79. The smallest absolute Gasteiger partial charge is 0.410 e. The molecule has 5 heteroatoms. The summed E-state index contributed by atoms with van der Waals surface area (Å²) < 4.78 is 5.39. The molecule has 0 saturated carbocycles. The number of amides is 1. The summed E-state index contributed by atoms with van der Waals surface area (Å²) in [6.07, 6.45) is 0.738. The predicted molar refractivity (Wildman–Crippen MR) is 73.0 cm³/mol. The summed E-state index contributed by atoms with van der Waals surface area (Å²) in [5.41, 5.74) is -0.427. The lowest BCUT2D eigenvalue weighted by molar-refractivity contribution is 0.0260. The molecule has 0 aromatic heterocycles. The fourth-order valence-electron chi connectivity index (χ4n) is 1.89. The molecular weight excluding hydrogens is 230 g/mol. The highest BCUT2D eigenvalue weighted by Crippen LogP contribution is 2.12. The third-order valence-corrected chi connectivity index (χ3v) is 2.93. The summed E-state index contributed by atoms with van der Waals surface area (Å²) in [4.78, 5) is 20.2. The van der Waals surface area contributed by atoms with Crippen molar-refractivity contribution in [1.82, 2.24) is 9.80 Å². The van der Waals surface area contributed by atoms with Gasteiger partial charge < -0.3 is 14.5 Å². The van der Waals surface area contributed by atoms with E-state index < -0.39 is 5.60 Å². The first-order valence-electron chi connectivity index (χ1n) is 6.50. The van der Waals surface area contributed by atoms with E-state index in [1.807, 2.05) is 27.7 Å². The summed E-state index contributed by atoms with van der Waals surface area (Å²) in [6.45, 7) is 10.9. The number of carbonyl (C=O) groups excluding carboxylic acids is 1. The second-order valence-corrected chi connectivity index (χ2v) is 5.58. The van der Waals surface area contributed by atoms with Gasteiger partial charge in [-0.2, -0.15) is 0 Å². The molecule has 5 nitrogen and oxygen atoms in total. The van der Waals surface area contributed by atoms with Crippen LogP contribution in [0.4, 0.5) is 4.79 Å². The van der Waals surface area contributed by atoms with Gasteiger partial charge in [-0.05, 0) is 34.1 Å². The number of rotatable bonds is 0. The van der Waals surface area contributed by atoms with Gasteiger partial charge in [-0.1, -0.05) is 0 Å². The summed E-state index contributed by atoms with van der Waals surface area (Å²) in [6, 6.07) is 0. The van der Waals surface area contributed by atoms with E-state index in [2.05, 4.69) is 9.89 Å². The molecule has 0 spiro atoms. The molecule has 1 rings (SSSR count). The lowest BCUT2D eigenvalue weighted by Crippen LogP contribution is -2.39. The molecule has 0 aliphatic carbocycles. The molecule has 1 aliphatic rings. The summed E-state index contributed by atoms with van der Waals surface area (Å²) in [7, 11) is 1.80. The van der Waals surface area contributed by atoms with Gasteiger partial charge in [-0.25, -0.2) is 4.79 Å². The van der Waals surface area contributed by atoms with Crippen molar-refractivity contribution in [3.63, 3.8) is 0 Å². The van der Waals surface area contributed by atoms with Gasteiger partial charge in [0.15, 0.2) is 0 Å². The average molecular weight is 255 g/mol. The average Bonchev–Trinajstić information content (AvgIpc) is 2.51. The summed E-state index contributed by atoms with van der Waals surface area (Å²) in [5.74, 6) is 1.03. The van der Waals surface area contributed by atoms with E-state index in [-0.39, 0.29) is 6.09 Å². The van der Waals surface area contributed by atoms with Gasteiger partial charge >= 0.3 is 6.09 Å². The van der Waals surface area contributed by atoms with E-state index in [0.29, 0.717) is 6.54 Å². The summed E-state index contributed by atoms with van der Waals surface area (Å²) >= 11 is 0. The van der Waals surface area contributed by atoms with Crippen molar-refractivity contribution >= 4 is 11.9 Å². The fourth-order valence-corrected chi connectivity index (χ4v) is 1.89. The van der Waals surface area contributed by atoms with Crippen LogP contribution in [-0.4, -0.2) is 60.6 Å². The van der Waals surface area contributed by atoms with E-state index >= 15 is 0 Å². The Morgan fingerprint density at radius 1 is 1.11 bits per heavy atom. The molecule has 1 heterocycles. The van der Waals surface area contributed by atoms with Gasteiger partial charge in [0.25, 0.3) is 0 Å². The highest BCUT2D eigenvalue weighted by Gasteiger charge is 2.24. The number of nitrogens with zero attached hydrogens (tertiary/aromatic N) is 3. The fraction of sp³-hybridized carbons (Fsp3) is 0.846. The van der Waals surface area contributed by atoms with Gasteiger partial charge in [-0.3, -0.25) is 4.99 Å². The van der Waals surface area contributed by atoms with E-state index in [4.69, 9.17) is 4.74 Å². The van der Waals surface area contributed by atoms with Gasteiger partial charge in [0.05, 0.1) is 5.84 Å². The van der Waals surface area contributed by atoms with Crippen LogP contribution in [0.1, 0.15) is 34.1 Å². The Hall–Kier alpha value is -1.26. The van der Waals surface area contributed by atoms with Gasteiger partial charge in [0.2, 0.25) is 0 Å². The molecule has 1 aliphatic heterocycles. The Morgan fingerprint density at radius 3 is 2.22 bits per heavy atom. The lowest BCUT2D eigenvalue weighted by Gasteiger charge is -2.26. The van der Waals surface area contributed by atoms with Crippen LogP contribution in [0.2, 0.25) is 0 Å². The van der Waals surface area contributed by atoms with Crippen molar-refractivity contribution in [1.29, 1.82) is 0 Å². The van der Waals surface area contributed by atoms with E-state index in [1.165, 1.54) is 0 Å². The Labute approximate surface area is 110 Å². The standard InChI is InChI=1S/C13H25N3O2/c1-11(14-5)15-7-6-8-16(10-9-15)12(17)18-13(2,3)4/h6-10H2,1-5H3/b14-11+. The third kappa shape index (κ3) is 4.55. The van der Waals surface area contributed by atoms with Crippen molar-refractivity contribution in [3.8, 4) is 0 Å². The largest absolute Gasteiger partial charge is 0.444 e. The molecule has 0 radical (unpaired) electrons. The predicted octanol–water partition coefficient (Wildman–Crippen LogP) is 1.98. The van der Waals surface area contributed by atoms with Crippen LogP contribution < -0.4 is 0 Å². The molecule has 0 aromatic carbocycles. The first-order chi connectivity index (χ1) is 8.33. The van der Waals surface area contributed by atoms with Crippen LogP contribution in [-0.2, 0) is 4.74 Å². The zero-order chi connectivity index (χ0) is 13.8. The minimum absolute atomic E-state index is 0.213. The maximum Gasteiger partial charge on any atom is 0.410 e. The van der Waals surface area contributed by atoms with Crippen molar-refractivity contribution in [2.75, 3.05) is 33.2 Å². The Bertz CT molecular complexity index is 321. The van der Waals surface area contributed by atoms with Gasteiger partial charge in [0.1, 0.15) is 5.60 Å². The van der Waals surface area contributed by atoms with E-state index in [9.17, 15) is 4.79 Å². The van der Waals surface area contributed by atoms with Crippen LogP contribution in [0.3, 0.4) is 0 Å². The van der Waals surface area contributed by atoms with Crippen LogP contribution >= 0.6 is 0 Å². The number of hydrogen-bond donors (Lipinski definition) is 0. The molecule has 0 bridgehead atoms. The normalized spacial score (nSPS) is 18.6. The lowest BCUT2D eigenvalue weighted by atomic mass is 10.2. The number of carbonyl (C=O) groups is 1. The summed E-state index contributed by atoms with van der Waals surface area (Å²) in [5, 5.41) is 0. The van der Waals surface area contributed by atoms with Crippen molar-refractivity contribution in [2.24, 2.45) is 4.99 Å². The quantitative estimate of drug-likeness (QED) is 0.491. The van der Waals surface area contributed by atoms with Crippen LogP contribution in [0.15, 0.2) is 4.99 Å². The number of ether oxygens (including phenoxy) is 1. The number of aliphatic imine (C=N–C) groups is 1. The van der Waals surface area contributed by atoms with E-state index in [1.54, 1.807) is 11.9 Å². The van der Waals surface area contributed by atoms with Crippen molar-refractivity contribution < 1.29 is 9.53 Å². The zero-order valence-corrected chi connectivity index (χ0v) is 12.2. The SMILES string of the molecule is C/N=C(\C)N1CCCN(C(=O)OC(C)(C)C)CC1. The highest BCUT2D eigenvalue weighted by atomic mass is 16.6. The minimum Gasteiger partial charge on any atom is -0.444 e. The third-order valence-electron chi connectivity index (χ3n) is 2.93. The second kappa shape index (κ2) is 6.07. The first kappa shape index (κ1) is 14.8. The van der Waals surface area contributed by atoms with Gasteiger partial charge in [-0.15, -0.1) is 0 Å². The molecule has 1 amide bonds. The van der Waals surface area contributed by atoms with Crippen LogP contribution in [0.25, 0.3) is 0 Å². The topological polar surface area (TPSA) is 45.1 Å². The van der Waals surface area contributed by atoms with Crippen LogP contribution in [0.5, 0.6) is 0 Å². The molecule has 104 valence electrons. The Morgan fingerprint density at radius 2 is 1.67 bits per heavy atom. The molecule has 0 unspecified atom stereocenters. The Kier molecular flexibility index (Phi) is 4.99. The molecule has 1 fully saturated rings. The minimum atomic E-state index is -0.427. The van der Waals surface area contributed by atoms with Crippen LogP contribution in [0, 0.1) is 0 Å². The maximum absolute atomic E-state index is 12.0. The molecule has 1 saturated heterocycles. The second-order valence-electron chi connectivity index (χ2n) is 5.58. The molecular formula is C13H25N3O2. The van der Waals surface area contributed by atoms with Crippen molar-refractivity contribution in [3.05, 3.63) is 0 Å².